The monoisotopic (exact) mass is 296 g/mol. The summed E-state index contributed by atoms with van der Waals surface area (Å²) in [5, 5.41) is 10.4. The molecule has 22 heavy (non-hydrogen) atoms. The Morgan fingerprint density at radius 1 is 1.27 bits per heavy atom. The fourth-order valence-electron chi connectivity index (χ4n) is 4.23. The summed E-state index contributed by atoms with van der Waals surface area (Å²) in [7, 11) is 1.57. The van der Waals surface area contributed by atoms with Crippen LogP contribution in [0.15, 0.2) is 36.4 Å². The third-order valence-electron chi connectivity index (χ3n) is 5.25. The summed E-state index contributed by atoms with van der Waals surface area (Å²) in [6.45, 7) is 1.96. The number of aromatic hydroxyl groups is 1. The fourth-order valence-corrected chi connectivity index (χ4v) is 4.23. The number of rotatable bonds is 2. The van der Waals surface area contributed by atoms with Crippen LogP contribution in [0.1, 0.15) is 41.9 Å². The van der Waals surface area contributed by atoms with Crippen molar-refractivity contribution in [1.82, 2.24) is 0 Å². The van der Waals surface area contributed by atoms with Crippen LogP contribution >= 0.6 is 0 Å². The Bertz CT molecular complexity index is 723. The van der Waals surface area contributed by atoms with Gasteiger partial charge in [0.1, 0.15) is 11.4 Å². The normalized spacial score (nSPS) is 25.5. The molecular weight excluding hydrogens is 276 g/mol. The van der Waals surface area contributed by atoms with E-state index in [1.807, 2.05) is 19.1 Å². The zero-order valence-electron chi connectivity index (χ0n) is 12.9. The smallest absolute Gasteiger partial charge is 0.164 e. The molecule has 0 spiro atoms. The van der Waals surface area contributed by atoms with Crippen molar-refractivity contribution in [3.05, 3.63) is 53.1 Å². The van der Waals surface area contributed by atoms with Gasteiger partial charge in [-0.1, -0.05) is 30.3 Å². The van der Waals surface area contributed by atoms with Gasteiger partial charge in [-0.05, 0) is 31.7 Å². The molecule has 1 N–H and O–H groups in total. The zero-order valence-corrected chi connectivity index (χ0v) is 12.9. The minimum atomic E-state index is -0.285. The lowest BCUT2D eigenvalue weighted by atomic mass is 9.80. The molecule has 1 aliphatic carbocycles. The van der Waals surface area contributed by atoms with Crippen molar-refractivity contribution in [2.75, 3.05) is 7.11 Å². The SMILES string of the molecule is COc1cc2c(c(C)c1O)C1CCC[C@]1(c1ccccc1)O2. The molecule has 2 aromatic rings. The number of methoxy groups -OCH3 is 1. The molecule has 0 saturated heterocycles. The van der Waals surface area contributed by atoms with Crippen LogP contribution in [0.2, 0.25) is 0 Å². The highest BCUT2D eigenvalue weighted by Gasteiger charge is 2.53. The Labute approximate surface area is 130 Å². The first kappa shape index (κ1) is 13.5. The number of phenolic OH excluding ortho intramolecular Hbond substituents is 1. The molecule has 114 valence electrons. The van der Waals surface area contributed by atoms with Gasteiger partial charge >= 0.3 is 0 Å². The van der Waals surface area contributed by atoms with Crippen LogP contribution in [0, 0.1) is 6.92 Å². The predicted octanol–water partition coefficient (Wildman–Crippen LogP) is 4.26. The van der Waals surface area contributed by atoms with Gasteiger partial charge in [-0.2, -0.15) is 0 Å². The Morgan fingerprint density at radius 3 is 2.77 bits per heavy atom. The number of ether oxygens (including phenoxy) is 2. The molecule has 1 unspecified atom stereocenters. The summed E-state index contributed by atoms with van der Waals surface area (Å²) < 4.78 is 11.8. The summed E-state index contributed by atoms with van der Waals surface area (Å²) in [5.74, 6) is 1.89. The zero-order chi connectivity index (χ0) is 15.3. The second-order valence-electron chi connectivity index (χ2n) is 6.27. The molecule has 1 aliphatic heterocycles. The minimum Gasteiger partial charge on any atom is -0.504 e. The molecule has 3 nitrogen and oxygen atoms in total. The molecule has 3 heteroatoms. The molecule has 2 atom stereocenters. The number of benzene rings is 2. The Hall–Kier alpha value is -2.16. The van der Waals surface area contributed by atoms with Gasteiger partial charge in [-0.3, -0.25) is 0 Å². The van der Waals surface area contributed by atoms with Gasteiger partial charge in [-0.25, -0.2) is 0 Å². The van der Waals surface area contributed by atoms with E-state index in [9.17, 15) is 5.11 Å². The molecule has 1 saturated carbocycles. The lowest BCUT2D eigenvalue weighted by Gasteiger charge is -2.29. The molecular formula is C19H20O3. The van der Waals surface area contributed by atoms with Gasteiger partial charge in [0.2, 0.25) is 0 Å². The number of phenols is 1. The Balaban J connectivity index is 1.90. The summed E-state index contributed by atoms with van der Waals surface area (Å²) in [6.07, 6.45) is 3.25. The van der Waals surface area contributed by atoms with Crippen molar-refractivity contribution in [2.45, 2.75) is 37.7 Å². The summed E-state index contributed by atoms with van der Waals surface area (Å²) in [4.78, 5) is 0. The number of fused-ring (bicyclic) bond motifs is 3. The van der Waals surface area contributed by atoms with Gasteiger partial charge in [0, 0.05) is 23.1 Å². The van der Waals surface area contributed by atoms with Crippen LogP contribution in [-0.2, 0) is 5.60 Å². The molecule has 1 heterocycles. The largest absolute Gasteiger partial charge is 0.504 e. The Morgan fingerprint density at radius 2 is 2.05 bits per heavy atom. The molecule has 0 amide bonds. The van der Waals surface area contributed by atoms with E-state index in [1.165, 1.54) is 5.56 Å². The van der Waals surface area contributed by atoms with Crippen molar-refractivity contribution in [1.29, 1.82) is 0 Å². The number of hydrogen-bond acceptors (Lipinski definition) is 3. The molecule has 4 rings (SSSR count). The van der Waals surface area contributed by atoms with E-state index in [1.54, 1.807) is 7.11 Å². The van der Waals surface area contributed by atoms with E-state index in [4.69, 9.17) is 9.47 Å². The topological polar surface area (TPSA) is 38.7 Å². The highest BCUT2D eigenvalue weighted by Crippen LogP contribution is 2.61. The maximum Gasteiger partial charge on any atom is 0.164 e. The highest BCUT2D eigenvalue weighted by molar-refractivity contribution is 5.61. The third kappa shape index (κ3) is 1.62. The van der Waals surface area contributed by atoms with Crippen LogP contribution in [0.25, 0.3) is 0 Å². The Kier molecular flexibility index (Phi) is 2.86. The van der Waals surface area contributed by atoms with Gasteiger partial charge in [0.25, 0.3) is 0 Å². The second-order valence-corrected chi connectivity index (χ2v) is 6.27. The summed E-state index contributed by atoms with van der Waals surface area (Å²) in [5.41, 5.74) is 2.98. The van der Waals surface area contributed by atoms with E-state index in [0.29, 0.717) is 11.7 Å². The van der Waals surface area contributed by atoms with E-state index in [0.717, 1.165) is 36.1 Å². The molecule has 0 bridgehead atoms. The van der Waals surface area contributed by atoms with E-state index in [2.05, 4.69) is 24.3 Å². The molecule has 1 fully saturated rings. The van der Waals surface area contributed by atoms with E-state index in [-0.39, 0.29) is 11.4 Å². The average Bonchev–Trinajstić information content (AvgIpc) is 3.08. The van der Waals surface area contributed by atoms with Crippen LogP contribution < -0.4 is 9.47 Å². The standard InChI is InChI=1S/C19H20O3/c1-12-17-14-9-6-10-19(14,13-7-4-3-5-8-13)22-15(17)11-16(21-2)18(12)20/h3-5,7-8,11,14,20H,6,9-10H2,1-2H3/t14?,19-/m1/s1. The maximum absolute atomic E-state index is 10.4. The van der Waals surface area contributed by atoms with E-state index < -0.39 is 0 Å². The van der Waals surface area contributed by atoms with Crippen molar-refractivity contribution >= 4 is 0 Å². The van der Waals surface area contributed by atoms with Crippen molar-refractivity contribution in [3.8, 4) is 17.2 Å². The van der Waals surface area contributed by atoms with Crippen molar-refractivity contribution in [3.63, 3.8) is 0 Å². The summed E-state index contributed by atoms with van der Waals surface area (Å²) in [6, 6.07) is 12.3. The van der Waals surface area contributed by atoms with E-state index >= 15 is 0 Å². The first-order valence-corrected chi connectivity index (χ1v) is 7.82. The molecule has 2 aromatic carbocycles. The third-order valence-corrected chi connectivity index (χ3v) is 5.25. The quantitative estimate of drug-likeness (QED) is 0.899. The van der Waals surface area contributed by atoms with Crippen LogP contribution in [0.5, 0.6) is 17.2 Å². The molecule has 2 aliphatic rings. The van der Waals surface area contributed by atoms with Crippen molar-refractivity contribution in [2.24, 2.45) is 0 Å². The fraction of sp³-hybridized carbons (Fsp3) is 0.368. The van der Waals surface area contributed by atoms with Crippen LogP contribution in [-0.4, -0.2) is 12.2 Å². The minimum absolute atomic E-state index is 0.237. The van der Waals surface area contributed by atoms with Gasteiger partial charge < -0.3 is 14.6 Å². The lowest BCUT2D eigenvalue weighted by molar-refractivity contribution is 0.0839. The van der Waals surface area contributed by atoms with Gasteiger partial charge in [0.05, 0.1) is 7.11 Å². The van der Waals surface area contributed by atoms with Crippen molar-refractivity contribution < 1.29 is 14.6 Å². The van der Waals surface area contributed by atoms with Gasteiger partial charge in [0.15, 0.2) is 11.5 Å². The molecule has 0 aromatic heterocycles. The lowest BCUT2D eigenvalue weighted by Crippen LogP contribution is -2.30. The second kappa shape index (κ2) is 4.67. The summed E-state index contributed by atoms with van der Waals surface area (Å²) >= 11 is 0. The van der Waals surface area contributed by atoms with Crippen LogP contribution in [0.4, 0.5) is 0 Å². The number of hydrogen-bond donors (Lipinski definition) is 1. The molecule has 0 radical (unpaired) electrons. The highest BCUT2D eigenvalue weighted by atomic mass is 16.5. The maximum atomic E-state index is 10.4. The predicted molar refractivity (Wildman–Crippen MR) is 84.7 cm³/mol. The van der Waals surface area contributed by atoms with Gasteiger partial charge in [-0.15, -0.1) is 0 Å². The van der Waals surface area contributed by atoms with Crippen LogP contribution in [0.3, 0.4) is 0 Å². The first-order chi connectivity index (χ1) is 10.7. The average molecular weight is 296 g/mol. The first-order valence-electron chi connectivity index (χ1n) is 7.82.